The maximum atomic E-state index is 13.1. The fraction of sp³-hybridized carbons (Fsp3) is 0.259. The van der Waals surface area contributed by atoms with E-state index in [1.807, 2.05) is 45.9 Å². The van der Waals surface area contributed by atoms with Gasteiger partial charge in [-0.3, -0.25) is 8.97 Å². The minimum absolute atomic E-state index is 0.0505. The molecule has 0 aliphatic heterocycles. The van der Waals surface area contributed by atoms with Crippen molar-refractivity contribution in [1.82, 2.24) is 23.9 Å². The van der Waals surface area contributed by atoms with Crippen LogP contribution in [0.1, 0.15) is 33.3 Å². The predicted molar refractivity (Wildman–Crippen MR) is 151 cm³/mol. The Bertz CT molecular complexity index is 1670. The van der Waals surface area contributed by atoms with Crippen molar-refractivity contribution in [1.29, 1.82) is 0 Å². The molecule has 5 aromatic rings. The summed E-state index contributed by atoms with van der Waals surface area (Å²) in [6, 6.07) is 9.07. The van der Waals surface area contributed by atoms with Crippen molar-refractivity contribution in [2.75, 3.05) is 11.1 Å². The van der Waals surface area contributed by atoms with Crippen LogP contribution >= 0.6 is 23.2 Å². The molecule has 9 nitrogen and oxygen atoms in total. The lowest BCUT2D eigenvalue weighted by Crippen LogP contribution is -2.26. The summed E-state index contributed by atoms with van der Waals surface area (Å²) in [6.07, 6.45) is 6.86. The molecule has 38 heavy (non-hydrogen) atoms. The second-order valence-electron chi connectivity index (χ2n) is 10.1. The number of fused-ring (bicyclic) bond motifs is 2. The van der Waals surface area contributed by atoms with Gasteiger partial charge in [0.1, 0.15) is 22.3 Å². The van der Waals surface area contributed by atoms with Crippen LogP contribution in [0.2, 0.25) is 10.2 Å². The molecule has 1 atom stereocenters. The van der Waals surface area contributed by atoms with Crippen LogP contribution in [0.4, 0.5) is 16.4 Å². The van der Waals surface area contributed by atoms with Gasteiger partial charge in [0.25, 0.3) is 0 Å². The fourth-order valence-electron chi connectivity index (χ4n) is 4.32. The zero-order valence-corrected chi connectivity index (χ0v) is 22.9. The van der Waals surface area contributed by atoms with Crippen LogP contribution in [0, 0.1) is 0 Å². The van der Waals surface area contributed by atoms with Crippen LogP contribution in [0.5, 0.6) is 0 Å². The van der Waals surface area contributed by atoms with Crippen molar-refractivity contribution in [3.8, 4) is 11.3 Å². The first kappa shape index (κ1) is 25.8. The third-order valence-electron chi connectivity index (χ3n) is 5.93. The van der Waals surface area contributed by atoms with Crippen molar-refractivity contribution in [3.63, 3.8) is 0 Å². The Balaban J connectivity index is 1.61. The highest BCUT2D eigenvalue weighted by molar-refractivity contribution is 6.33. The maximum absolute atomic E-state index is 13.1. The molecule has 3 N–H and O–H groups in total. The summed E-state index contributed by atoms with van der Waals surface area (Å²) in [5.74, 6) is 1.03. The first-order chi connectivity index (χ1) is 18.0. The molecule has 4 aromatic heterocycles. The highest BCUT2D eigenvalue weighted by Crippen LogP contribution is 2.37. The number of anilines is 2. The van der Waals surface area contributed by atoms with Gasteiger partial charge in [-0.2, -0.15) is 0 Å². The number of benzene rings is 1. The number of hydrogen-bond donors (Lipinski definition) is 2. The number of nitrogen functional groups attached to an aromatic ring is 1. The van der Waals surface area contributed by atoms with Crippen LogP contribution in [0.3, 0.4) is 0 Å². The van der Waals surface area contributed by atoms with Gasteiger partial charge in [-0.25, -0.2) is 19.7 Å². The summed E-state index contributed by atoms with van der Waals surface area (Å²) in [6.45, 7) is 7.47. The molecule has 0 saturated heterocycles. The zero-order chi connectivity index (χ0) is 27.2. The average Bonchev–Trinajstić information content (AvgIpc) is 3.47. The molecule has 4 heterocycles. The Morgan fingerprint density at radius 1 is 1.18 bits per heavy atom. The van der Waals surface area contributed by atoms with Crippen molar-refractivity contribution in [2.24, 2.45) is 0 Å². The number of nitrogens with two attached hydrogens (primary N) is 1. The van der Waals surface area contributed by atoms with Gasteiger partial charge in [-0.05, 0) is 57.9 Å². The van der Waals surface area contributed by atoms with Crippen molar-refractivity contribution in [3.05, 3.63) is 70.9 Å². The smallest absolute Gasteiger partial charge is 0.419 e. The largest absolute Gasteiger partial charge is 0.443 e. The number of halogens is 2. The van der Waals surface area contributed by atoms with Gasteiger partial charge in [-0.1, -0.05) is 35.3 Å². The summed E-state index contributed by atoms with van der Waals surface area (Å²) >= 11 is 13.2. The van der Waals surface area contributed by atoms with E-state index in [0.717, 1.165) is 10.9 Å². The third-order valence-corrected chi connectivity index (χ3v) is 6.53. The Labute approximate surface area is 229 Å². The number of carbonyl (C=O) groups excluding carboxylic acids is 1. The van der Waals surface area contributed by atoms with Gasteiger partial charge in [0.05, 0.1) is 5.52 Å². The van der Waals surface area contributed by atoms with Gasteiger partial charge in [0, 0.05) is 46.8 Å². The molecule has 0 amide bonds. The first-order valence-electron chi connectivity index (χ1n) is 12.0. The van der Waals surface area contributed by atoms with E-state index in [1.165, 1.54) is 4.57 Å². The van der Waals surface area contributed by atoms with Crippen LogP contribution in [-0.4, -0.2) is 41.7 Å². The monoisotopic (exact) mass is 551 g/mol. The highest BCUT2D eigenvalue weighted by atomic mass is 35.5. The standard InChI is InChI=1S/C27H27Cl2N7O2/c1-15(12-16-6-5-9-31-23(16)30)33-24-25-32-10-11-35(25)22(29)21(34-24)19-14-36(26(37)38-27(2,3)4)20-13-17(28)7-8-18(19)20/h5-11,13-15H,12H2,1-4H3,(H2,30,31)(H,33,34). The molecule has 1 unspecified atom stereocenters. The molecule has 0 saturated carbocycles. The lowest BCUT2D eigenvalue weighted by molar-refractivity contribution is 0.0544. The number of nitrogens with zero attached hydrogens (tertiary/aromatic N) is 5. The van der Waals surface area contributed by atoms with Crippen LogP contribution < -0.4 is 11.1 Å². The van der Waals surface area contributed by atoms with E-state index in [9.17, 15) is 4.79 Å². The van der Waals surface area contributed by atoms with Gasteiger partial charge in [0.15, 0.2) is 11.5 Å². The van der Waals surface area contributed by atoms with Crippen LogP contribution in [0.15, 0.2) is 55.1 Å². The van der Waals surface area contributed by atoms with Crippen LogP contribution in [0.25, 0.3) is 27.8 Å². The number of carbonyl (C=O) groups is 1. The fourth-order valence-corrected chi connectivity index (χ4v) is 4.76. The second kappa shape index (κ2) is 9.81. The van der Waals surface area contributed by atoms with Gasteiger partial charge >= 0.3 is 6.09 Å². The summed E-state index contributed by atoms with van der Waals surface area (Å²) in [7, 11) is 0. The quantitative estimate of drug-likeness (QED) is 0.257. The molecule has 11 heteroatoms. The summed E-state index contributed by atoms with van der Waals surface area (Å²) in [4.78, 5) is 26.6. The number of pyridine rings is 1. The Kier molecular flexibility index (Phi) is 6.66. The van der Waals surface area contributed by atoms with E-state index in [0.29, 0.717) is 50.7 Å². The summed E-state index contributed by atoms with van der Waals surface area (Å²) in [5, 5.41) is 5.03. The number of nitrogens with one attached hydrogen (secondary N) is 1. The molecule has 0 spiro atoms. The molecule has 1 aromatic carbocycles. The molecule has 0 bridgehead atoms. The minimum Gasteiger partial charge on any atom is -0.443 e. The van der Waals surface area contributed by atoms with Gasteiger partial charge in [0.2, 0.25) is 0 Å². The predicted octanol–water partition coefficient (Wildman–Crippen LogP) is 6.46. The Hall–Kier alpha value is -3.82. The van der Waals surface area contributed by atoms with Crippen LogP contribution in [-0.2, 0) is 11.2 Å². The Morgan fingerprint density at radius 3 is 2.71 bits per heavy atom. The highest BCUT2D eigenvalue weighted by Gasteiger charge is 2.24. The van der Waals surface area contributed by atoms with Crippen molar-refractivity contribution in [2.45, 2.75) is 45.8 Å². The van der Waals surface area contributed by atoms with Crippen molar-refractivity contribution >= 4 is 57.5 Å². The normalized spacial score (nSPS) is 12.7. The lowest BCUT2D eigenvalue weighted by atomic mass is 10.1. The number of hydrogen-bond acceptors (Lipinski definition) is 7. The summed E-state index contributed by atoms with van der Waals surface area (Å²) in [5.41, 5.74) is 8.58. The number of rotatable bonds is 5. The average molecular weight is 552 g/mol. The van der Waals surface area contributed by atoms with E-state index >= 15 is 0 Å². The number of aromatic nitrogens is 5. The lowest BCUT2D eigenvalue weighted by Gasteiger charge is -2.19. The van der Waals surface area contributed by atoms with E-state index in [2.05, 4.69) is 15.3 Å². The molecular weight excluding hydrogens is 525 g/mol. The minimum atomic E-state index is -0.678. The molecule has 0 aliphatic rings. The molecule has 0 aliphatic carbocycles. The molecule has 196 valence electrons. The Morgan fingerprint density at radius 2 is 1.97 bits per heavy atom. The molecule has 0 fully saturated rings. The zero-order valence-electron chi connectivity index (χ0n) is 21.4. The number of imidazole rings is 1. The first-order valence-corrected chi connectivity index (χ1v) is 12.8. The van der Waals surface area contributed by atoms with Gasteiger partial charge in [-0.15, -0.1) is 0 Å². The summed E-state index contributed by atoms with van der Waals surface area (Å²) < 4.78 is 8.82. The van der Waals surface area contributed by atoms with E-state index in [4.69, 9.17) is 38.7 Å². The maximum Gasteiger partial charge on any atom is 0.419 e. The molecule has 5 rings (SSSR count). The molecule has 0 radical (unpaired) electrons. The van der Waals surface area contributed by atoms with Crippen molar-refractivity contribution < 1.29 is 9.53 Å². The SMILES string of the molecule is CC(Cc1cccnc1N)Nc1nc(-c2cn(C(=O)OC(C)(C)C)c3cc(Cl)ccc23)c(Cl)n2ccnc12. The topological polar surface area (TPSA) is 112 Å². The number of ether oxygens (including phenoxy) is 1. The second-order valence-corrected chi connectivity index (χ2v) is 10.9. The van der Waals surface area contributed by atoms with Gasteiger partial charge < -0.3 is 15.8 Å². The van der Waals surface area contributed by atoms with E-state index < -0.39 is 11.7 Å². The van der Waals surface area contributed by atoms with E-state index in [-0.39, 0.29) is 6.04 Å². The third kappa shape index (κ3) is 4.99. The molecular formula is C27H27Cl2N7O2. The van der Waals surface area contributed by atoms with E-state index in [1.54, 1.807) is 41.3 Å².